The fourth-order valence-corrected chi connectivity index (χ4v) is 0.884. The minimum Gasteiger partial charge on any atom is -0.481 e. The average molecular weight is 219 g/mol. The molecule has 0 amide bonds. The summed E-state index contributed by atoms with van der Waals surface area (Å²) in [4.78, 5) is 19.2. The Hall–Kier alpha value is -1.79. The number of hydrogen-bond donors (Lipinski definition) is 0. The number of pyridine rings is 1. The SMILES string of the molecule is CO[N+](=O)c1cnccc1OCC(F)F. The predicted octanol–water partition coefficient (Wildman–Crippen LogP) is 1.70. The Morgan fingerprint density at radius 1 is 1.60 bits per heavy atom. The third-order valence-electron chi connectivity index (χ3n) is 1.49. The summed E-state index contributed by atoms with van der Waals surface area (Å²) in [5.74, 6) is 0.00199. The van der Waals surface area contributed by atoms with Gasteiger partial charge in [-0.25, -0.2) is 13.6 Å². The normalized spacial score (nSPS) is 10.1. The van der Waals surface area contributed by atoms with Gasteiger partial charge in [0, 0.05) is 12.3 Å². The number of hydrogen-bond acceptors (Lipinski definition) is 4. The molecule has 0 aromatic carbocycles. The second-order valence-corrected chi connectivity index (χ2v) is 2.49. The number of alkyl halides is 2. The second-order valence-electron chi connectivity index (χ2n) is 2.49. The van der Waals surface area contributed by atoms with Crippen LogP contribution in [-0.2, 0) is 4.84 Å². The van der Waals surface area contributed by atoms with Crippen LogP contribution in [0.15, 0.2) is 18.5 Å². The molecule has 1 heterocycles. The van der Waals surface area contributed by atoms with Gasteiger partial charge in [0.25, 0.3) is 11.3 Å². The summed E-state index contributed by atoms with van der Waals surface area (Å²) in [6, 6.07) is 1.31. The van der Waals surface area contributed by atoms with Gasteiger partial charge in [-0.15, -0.1) is 0 Å². The fraction of sp³-hybridized carbons (Fsp3) is 0.375. The number of aromatic nitrogens is 1. The van der Waals surface area contributed by atoms with Gasteiger partial charge in [-0.1, -0.05) is 0 Å². The lowest BCUT2D eigenvalue weighted by Crippen LogP contribution is -2.09. The first-order valence-electron chi connectivity index (χ1n) is 4.01. The Balaban J connectivity index is 2.81. The van der Waals surface area contributed by atoms with E-state index >= 15 is 0 Å². The monoisotopic (exact) mass is 219 g/mol. The molecule has 0 radical (unpaired) electrons. The molecule has 0 aliphatic carbocycles. The van der Waals surface area contributed by atoms with Crippen molar-refractivity contribution in [3.8, 4) is 5.75 Å². The van der Waals surface area contributed by atoms with E-state index in [2.05, 4.69) is 9.82 Å². The Labute approximate surface area is 84.2 Å². The molecule has 1 rings (SSSR count). The summed E-state index contributed by atoms with van der Waals surface area (Å²) in [5, 5.41) is 0. The van der Waals surface area contributed by atoms with E-state index < -0.39 is 13.0 Å². The van der Waals surface area contributed by atoms with Crippen molar-refractivity contribution in [2.75, 3.05) is 13.7 Å². The van der Waals surface area contributed by atoms with Gasteiger partial charge >= 0.3 is 5.69 Å². The van der Waals surface area contributed by atoms with Gasteiger partial charge in [0.05, 0.1) is 4.91 Å². The van der Waals surface area contributed by atoms with Crippen LogP contribution in [0.1, 0.15) is 0 Å². The zero-order valence-electron chi connectivity index (χ0n) is 7.89. The van der Waals surface area contributed by atoms with Crippen LogP contribution in [0.4, 0.5) is 14.5 Å². The zero-order chi connectivity index (χ0) is 11.3. The molecule has 7 heteroatoms. The Morgan fingerprint density at radius 3 is 2.93 bits per heavy atom. The first-order chi connectivity index (χ1) is 7.15. The van der Waals surface area contributed by atoms with Crippen LogP contribution in [0.5, 0.6) is 5.75 Å². The molecule has 0 spiro atoms. The lowest BCUT2D eigenvalue weighted by atomic mass is 10.4. The third-order valence-corrected chi connectivity index (χ3v) is 1.49. The van der Waals surface area contributed by atoms with E-state index in [0.29, 0.717) is 0 Å². The molecule has 0 N–H and O–H groups in total. The summed E-state index contributed by atoms with van der Waals surface area (Å²) in [5.41, 5.74) is -0.0550. The molecule has 1 aromatic heterocycles. The van der Waals surface area contributed by atoms with Crippen molar-refractivity contribution in [2.24, 2.45) is 0 Å². The highest BCUT2D eigenvalue weighted by Gasteiger charge is 2.22. The molecule has 5 nitrogen and oxygen atoms in total. The molecule has 1 aromatic rings. The number of ether oxygens (including phenoxy) is 1. The number of rotatable bonds is 5. The lowest BCUT2D eigenvalue weighted by molar-refractivity contribution is -0.737. The van der Waals surface area contributed by atoms with Crippen molar-refractivity contribution in [3.63, 3.8) is 0 Å². The Bertz CT molecular complexity index is 346. The van der Waals surface area contributed by atoms with E-state index in [1.54, 1.807) is 0 Å². The largest absolute Gasteiger partial charge is 0.481 e. The lowest BCUT2D eigenvalue weighted by Gasteiger charge is -2.03. The van der Waals surface area contributed by atoms with Gasteiger partial charge in [0.15, 0.2) is 7.11 Å². The maximum atomic E-state index is 11.9. The fourth-order valence-electron chi connectivity index (χ4n) is 0.884. The topological polar surface area (TPSA) is 51.4 Å². The van der Waals surface area contributed by atoms with Gasteiger partial charge in [-0.05, 0) is 0 Å². The molecule has 0 atom stereocenters. The molecule has 15 heavy (non-hydrogen) atoms. The first kappa shape index (κ1) is 11.3. The molecule has 82 valence electrons. The minimum absolute atomic E-state index is 0.00199. The van der Waals surface area contributed by atoms with Crippen molar-refractivity contribution in [1.82, 2.24) is 4.98 Å². The summed E-state index contributed by atoms with van der Waals surface area (Å²) in [6.45, 7) is -0.783. The average Bonchev–Trinajstić information content (AvgIpc) is 2.25. The highest BCUT2D eigenvalue weighted by molar-refractivity contribution is 5.42. The molecule has 0 fully saturated rings. The smallest absolute Gasteiger partial charge is 0.376 e. The van der Waals surface area contributed by atoms with Crippen LogP contribution in [0.2, 0.25) is 0 Å². The zero-order valence-corrected chi connectivity index (χ0v) is 7.89. The predicted molar refractivity (Wildman–Crippen MR) is 46.0 cm³/mol. The van der Waals surface area contributed by atoms with Gasteiger partial charge in [0.2, 0.25) is 5.75 Å². The van der Waals surface area contributed by atoms with E-state index in [9.17, 15) is 13.7 Å². The summed E-state index contributed by atoms with van der Waals surface area (Å²) in [6.07, 6.45) is -0.112. The summed E-state index contributed by atoms with van der Waals surface area (Å²) in [7, 11) is 1.15. The van der Waals surface area contributed by atoms with E-state index in [4.69, 9.17) is 4.74 Å². The Morgan fingerprint density at radius 2 is 2.33 bits per heavy atom. The van der Waals surface area contributed by atoms with Crippen LogP contribution in [0.3, 0.4) is 0 Å². The molecule has 0 aliphatic heterocycles. The van der Waals surface area contributed by atoms with Crippen LogP contribution >= 0.6 is 0 Å². The molecular formula is C8H9F2N2O3+. The first-order valence-corrected chi connectivity index (χ1v) is 4.01. The maximum Gasteiger partial charge on any atom is 0.376 e. The van der Waals surface area contributed by atoms with Gasteiger partial charge < -0.3 is 4.74 Å². The van der Waals surface area contributed by atoms with Crippen molar-refractivity contribution in [1.29, 1.82) is 0 Å². The molecular weight excluding hydrogens is 210 g/mol. The molecule has 0 saturated carbocycles. The highest BCUT2D eigenvalue weighted by Crippen LogP contribution is 2.25. The molecule has 0 bridgehead atoms. The number of halogens is 2. The minimum atomic E-state index is -2.60. The van der Waals surface area contributed by atoms with Crippen LogP contribution in [0, 0.1) is 4.91 Å². The van der Waals surface area contributed by atoms with Gasteiger partial charge in [-0.3, -0.25) is 4.98 Å². The van der Waals surface area contributed by atoms with Gasteiger partial charge in [-0.2, -0.15) is 0 Å². The van der Waals surface area contributed by atoms with E-state index in [1.165, 1.54) is 12.3 Å². The molecule has 0 aliphatic rings. The van der Waals surface area contributed by atoms with Crippen LogP contribution < -0.4 is 4.74 Å². The standard InChI is InChI=1S/C8H9F2N2O3/c1-14-12(13)6-4-11-3-2-7(6)15-5-8(9)10/h2-4,8H,5H2,1H3/q+1. The Kier molecular flexibility index (Phi) is 3.90. The van der Waals surface area contributed by atoms with Crippen LogP contribution in [0.25, 0.3) is 0 Å². The van der Waals surface area contributed by atoms with Crippen molar-refractivity contribution >= 4 is 5.69 Å². The van der Waals surface area contributed by atoms with E-state index in [-0.39, 0.29) is 16.4 Å². The van der Waals surface area contributed by atoms with Crippen molar-refractivity contribution in [2.45, 2.75) is 6.43 Å². The third kappa shape index (κ3) is 3.12. The quantitative estimate of drug-likeness (QED) is 0.707. The van der Waals surface area contributed by atoms with Crippen LogP contribution in [-0.4, -0.2) is 30.0 Å². The number of nitrogens with zero attached hydrogens (tertiary/aromatic N) is 2. The van der Waals surface area contributed by atoms with E-state index in [1.807, 2.05) is 0 Å². The van der Waals surface area contributed by atoms with Gasteiger partial charge in [0.1, 0.15) is 12.8 Å². The van der Waals surface area contributed by atoms with Crippen molar-refractivity contribution in [3.05, 3.63) is 23.4 Å². The van der Waals surface area contributed by atoms with Crippen molar-refractivity contribution < 1.29 is 23.3 Å². The highest BCUT2D eigenvalue weighted by atomic mass is 19.3. The molecule has 0 unspecified atom stereocenters. The molecule has 0 saturated heterocycles. The summed E-state index contributed by atoms with van der Waals surface area (Å²) < 4.78 is 28.5. The maximum absolute atomic E-state index is 11.9. The van der Waals surface area contributed by atoms with E-state index in [0.717, 1.165) is 13.3 Å². The summed E-state index contributed by atoms with van der Waals surface area (Å²) >= 11 is 0. The second kappa shape index (κ2) is 5.18.